The Hall–Kier alpha value is -4.01. The van der Waals surface area contributed by atoms with Crippen LogP contribution in [0.2, 0.25) is 0 Å². The third-order valence-corrected chi connectivity index (χ3v) is 4.78. The fraction of sp³-hybridized carbons (Fsp3) is 0.227. The molecule has 1 amide bonds. The average Bonchev–Trinajstić information content (AvgIpc) is 3.00. The summed E-state index contributed by atoms with van der Waals surface area (Å²) >= 11 is 0. The highest BCUT2D eigenvalue weighted by Crippen LogP contribution is 2.24. The number of ether oxygens (including phenoxy) is 3. The monoisotopic (exact) mass is 425 g/mol. The first-order valence-corrected chi connectivity index (χ1v) is 9.40. The third kappa shape index (κ3) is 4.45. The Kier molecular flexibility index (Phi) is 6.44. The minimum atomic E-state index is -0.752. The lowest BCUT2D eigenvalue weighted by Gasteiger charge is -2.10. The van der Waals surface area contributed by atoms with Crippen LogP contribution in [0.5, 0.6) is 11.5 Å². The number of aromatic nitrogens is 2. The second-order valence-electron chi connectivity index (χ2n) is 6.63. The number of amides is 1. The highest BCUT2D eigenvalue weighted by molar-refractivity contribution is 5.97. The molecule has 31 heavy (non-hydrogen) atoms. The molecule has 0 saturated carbocycles. The van der Waals surface area contributed by atoms with Crippen molar-refractivity contribution in [2.75, 3.05) is 26.1 Å². The number of rotatable bonds is 7. The van der Waals surface area contributed by atoms with Gasteiger partial charge < -0.3 is 19.5 Å². The summed E-state index contributed by atoms with van der Waals surface area (Å²) in [5.74, 6) is -0.659. The van der Waals surface area contributed by atoms with Gasteiger partial charge in [0.05, 0.1) is 25.6 Å². The number of esters is 1. The predicted octanol–water partition coefficient (Wildman–Crippen LogP) is 2.30. The summed E-state index contributed by atoms with van der Waals surface area (Å²) in [4.78, 5) is 37.7. The second-order valence-corrected chi connectivity index (χ2v) is 6.63. The van der Waals surface area contributed by atoms with E-state index in [-0.39, 0.29) is 22.6 Å². The summed E-state index contributed by atoms with van der Waals surface area (Å²) in [5.41, 5.74) is 1.07. The van der Waals surface area contributed by atoms with Gasteiger partial charge in [-0.3, -0.25) is 14.3 Å². The number of hydrogen-bond acceptors (Lipinski definition) is 6. The first-order valence-electron chi connectivity index (χ1n) is 9.40. The predicted molar refractivity (Wildman–Crippen MR) is 114 cm³/mol. The molecule has 0 fully saturated rings. The van der Waals surface area contributed by atoms with Gasteiger partial charge in [-0.05, 0) is 37.3 Å². The first-order chi connectivity index (χ1) is 14.9. The van der Waals surface area contributed by atoms with E-state index in [0.29, 0.717) is 17.1 Å². The van der Waals surface area contributed by atoms with Crippen LogP contribution in [-0.4, -0.2) is 42.1 Å². The molecule has 0 atom stereocenters. The molecular formula is C22H23N3O6. The Morgan fingerprint density at radius 2 is 1.74 bits per heavy atom. The highest BCUT2D eigenvalue weighted by atomic mass is 16.5. The fourth-order valence-electron chi connectivity index (χ4n) is 3.07. The van der Waals surface area contributed by atoms with E-state index in [1.165, 1.54) is 25.0 Å². The molecule has 0 saturated heterocycles. The van der Waals surface area contributed by atoms with E-state index in [4.69, 9.17) is 14.2 Å². The summed E-state index contributed by atoms with van der Waals surface area (Å²) in [6.45, 7) is 1.14. The molecule has 3 rings (SSSR count). The van der Waals surface area contributed by atoms with Gasteiger partial charge in [0.2, 0.25) is 0 Å². The van der Waals surface area contributed by atoms with Gasteiger partial charge in [-0.2, -0.15) is 0 Å². The number of para-hydroxylation sites is 1. The fourth-order valence-corrected chi connectivity index (χ4v) is 3.07. The molecule has 3 aromatic rings. The third-order valence-electron chi connectivity index (χ3n) is 4.78. The van der Waals surface area contributed by atoms with Crippen LogP contribution in [0.1, 0.15) is 16.1 Å². The molecule has 0 aliphatic carbocycles. The van der Waals surface area contributed by atoms with Gasteiger partial charge in [-0.25, -0.2) is 9.48 Å². The minimum absolute atomic E-state index is 0.117. The van der Waals surface area contributed by atoms with Crippen molar-refractivity contribution < 1.29 is 23.8 Å². The molecule has 0 aliphatic heterocycles. The normalized spacial score (nSPS) is 10.5. The highest BCUT2D eigenvalue weighted by Gasteiger charge is 2.20. The Labute approximate surface area is 178 Å². The van der Waals surface area contributed by atoms with E-state index in [2.05, 4.69) is 5.32 Å². The van der Waals surface area contributed by atoms with Crippen LogP contribution in [0.15, 0.2) is 53.3 Å². The molecule has 0 aliphatic rings. The molecule has 0 unspecified atom stereocenters. The van der Waals surface area contributed by atoms with Gasteiger partial charge in [0.15, 0.2) is 6.61 Å². The van der Waals surface area contributed by atoms with Crippen molar-refractivity contribution in [3.63, 3.8) is 0 Å². The molecular weight excluding hydrogens is 402 g/mol. The lowest BCUT2D eigenvalue weighted by molar-refractivity contribution is -0.119. The van der Waals surface area contributed by atoms with Gasteiger partial charge in [0.1, 0.15) is 22.7 Å². The smallest absolute Gasteiger partial charge is 0.342 e. The van der Waals surface area contributed by atoms with Crippen molar-refractivity contribution >= 4 is 17.6 Å². The molecule has 9 nitrogen and oxygen atoms in total. The number of anilines is 1. The van der Waals surface area contributed by atoms with Crippen LogP contribution >= 0.6 is 0 Å². The molecule has 0 spiro atoms. The first kappa shape index (κ1) is 21.7. The average molecular weight is 425 g/mol. The Morgan fingerprint density at radius 1 is 1.03 bits per heavy atom. The number of carbonyl (C=O) groups excluding carboxylic acids is 2. The van der Waals surface area contributed by atoms with Crippen molar-refractivity contribution in [1.82, 2.24) is 9.36 Å². The number of hydrogen-bond donors (Lipinski definition) is 1. The van der Waals surface area contributed by atoms with Crippen LogP contribution in [-0.2, 0) is 16.6 Å². The largest absolute Gasteiger partial charge is 0.497 e. The summed E-state index contributed by atoms with van der Waals surface area (Å²) in [6, 6.07) is 13.7. The molecule has 0 radical (unpaired) electrons. The van der Waals surface area contributed by atoms with Gasteiger partial charge in [0.25, 0.3) is 11.5 Å². The van der Waals surface area contributed by atoms with Crippen molar-refractivity contribution in [3.8, 4) is 17.2 Å². The van der Waals surface area contributed by atoms with E-state index in [1.54, 1.807) is 42.9 Å². The van der Waals surface area contributed by atoms with Gasteiger partial charge in [-0.15, -0.1) is 0 Å². The van der Waals surface area contributed by atoms with E-state index in [9.17, 15) is 14.4 Å². The Bertz CT molecular complexity index is 1160. The van der Waals surface area contributed by atoms with Crippen molar-refractivity contribution in [3.05, 3.63) is 70.1 Å². The molecule has 162 valence electrons. The maximum absolute atomic E-state index is 12.8. The molecule has 2 aromatic carbocycles. The zero-order chi connectivity index (χ0) is 22.5. The van der Waals surface area contributed by atoms with Crippen LogP contribution in [0.3, 0.4) is 0 Å². The molecule has 1 N–H and O–H groups in total. The number of benzene rings is 2. The van der Waals surface area contributed by atoms with Crippen LogP contribution < -0.4 is 20.3 Å². The van der Waals surface area contributed by atoms with Crippen LogP contribution in [0.25, 0.3) is 5.69 Å². The molecule has 0 bridgehead atoms. The number of nitrogens with one attached hydrogen (secondary N) is 1. The van der Waals surface area contributed by atoms with Crippen molar-refractivity contribution in [1.29, 1.82) is 0 Å². The van der Waals surface area contributed by atoms with E-state index >= 15 is 0 Å². The lowest BCUT2D eigenvalue weighted by atomic mass is 10.2. The van der Waals surface area contributed by atoms with Gasteiger partial charge in [-0.1, -0.05) is 18.2 Å². The summed E-state index contributed by atoms with van der Waals surface area (Å²) in [5, 5.41) is 2.54. The van der Waals surface area contributed by atoms with Crippen molar-refractivity contribution in [2.24, 2.45) is 7.05 Å². The standard InChI is InChI=1S/C22H23N3O6/c1-14-20(21(27)25(24(14)2)15-8-6-5-7-9-15)23-19(26)13-31-22(28)17-12-16(29-3)10-11-18(17)30-4/h5-12H,13H2,1-4H3,(H,23,26). The quantitative estimate of drug-likeness (QED) is 0.583. The van der Waals surface area contributed by atoms with Crippen LogP contribution in [0, 0.1) is 6.92 Å². The number of methoxy groups -OCH3 is 2. The van der Waals surface area contributed by atoms with E-state index in [1.807, 2.05) is 18.2 Å². The Morgan fingerprint density at radius 3 is 2.39 bits per heavy atom. The van der Waals surface area contributed by atoms with E-state index in [0.717, 1.165) is 0 Å². The maximum Gasteiger partial charge on any atom is 0.342 e. The number of nitrogens with zero attached hydrogens (tertiary/aromatic N) is 2. The maximum atomic E-state index is 12.8. The van der Waals surface area contributed by atoms with Gasteiger partial charge >= 0.3 is 5.97 Å². The van der Waals surface area contributed by atoms with Crippen molar-refractivity contribution in [2.45, 2.75) is 6.92 Å². The Balaban J connectivity index is 1.74. The summed E-state index contributed by atoms with van der Waals surface area (Å²) in [7, 11) is 4.60. The second kappa shape index (κ2) is 9.21. The molecule has 1 aromatic heterocycles. The summed E-state index contributed by atoms with van der Waals surface area (Å²) < 4.78 is 18.4. The zero-order valence-corrected chi connectivity index (χ0v) is 17.7. The topological polar surface area (TPSA) is 101 Å². The lowest BCUT2D eigenvalue weighted by Crippen LogP contribution is -2.26. The number of carbonyl (C=O) groups is 2. The molecule has 9 heteroatoms. The minimum Gasteiger partial charge on any atom is -0.497 e. The van der Waals surface area contributed by atoms with E-state index < -0.39 is 18.5 Å². The van der Waals surface area contributed by atoms with Gasteiger partial charge in [0, 0.05) is 7.05 Å². The zero-order valence-electron chi connectivity index (χ0n) is 17.7. The summed E-state index contributed by atoms with van der Waals surface area (Å²) in [6.07, 6.45) is 0. The van der Waals surface area contributed by atoms with Crippen LogP contribution in [0.4, 0.5) is 5.69 Å². The molecule has 1 heterocycles. The SMILES string of the molecule is COc1ccc(OC)c(C(=O)OCC(=O)Nc2c(C)n(C)n(-c3ccccc3)c2=O)c1.